The summed E-state index contributed by atoms with van der Waals surface area (Å²) in [7, 11) is -3.67. The first kappa shape index (κ1) is 18.0. The summed E-state index contributed by atoms with van der Waals surface area (Å²) in [5.74, 6) is -1.13. The highest BCUT2D eigenvalue weighted by atomic mass is 32.2. The van der Waals surface area contributed by atoms with E-state index in [0.29, 0.717) is 12.1 Å². The molecule has 0 aromatic heterocycles. The fourth-order valence-corrected chi connectivity index (χ4v) is 3.38. The van der Waals surface area contributed by atoms with Crippen molar-refractivity contribution in [2.75, 3.05) is 4.72 Å². The molecule has 0 unspecified atom stereocenters. The zero-order valence-corrected chi connectivity index (χ0v) is 14.3. The third-order valence-electron chi connectivity index (χ3n) is 3.60. The van der Waals surface area contributed by atoms with Crippen LogP contribution >= 0.6 is 0 Å². The lowest BCUT2D eigenvalue weighted by Crippen LogP contribution is -2.22. The van der Waals surface area contributed by atoms with E-state index in [9.17, 15) is 18.3 Å². The standard InChI is InChI=1S/C18H21NO4S/c1-2-3-14-4-9-16(10-5-14)19-24(22,23)17-11-6-15(7-12-17)8-13-18(20)21/h4-7,9-12,19H,2-3,8,13H2,1H3,(H,20,21)/p-1. The first-order valence-corrected chi connectivity index (χ1v) is 9.29. The Morgan fingerprint density at radius 3 is 2.04 bits per heavy atom. The number of hydrogen-bond acceptors (Lipinski definition) is 4. The van der Waals surface area contributed by atoms with Gasteiger partial charge >= 0.3 is 0 Å². The molecule has 0 aliphatic rings. The van der Waals surface area contributed by atoms with E-state index in [1.807, 2.05) is 12.1 Å². The summed E-state index contributed by atoms with van der Waals surface area (Å²) in [6, 6.07) is 13.5. The molecule has 0 spiro atoms. The predicted octanol–water partition coefficient (Wildman–Crippen LogP) is 2.12. The summed E-state index contributed by atoms with van der Waals surface area (Å²) in [4.78, 5) is 10.6. The maximum absolute atomic E-state index is 12.4. The molecule has 0 heterocycles. The van der Waals surface area contributed by atoms with Crippen molar-refractivity contribution in [3.05, 3.63) is 59.7 Å². The van der Waals surface area contributed by atoms with Gasteiger partial charge in [-0.1, -0.05) is 37.6 Å². The number of carboxylic acids is 1. The van der Waals surface area contributed by atoms with Gasteiger partial charge in [-0.05, 0) is 54.7 Å². The summed E-state index contributed by atoms with van der Waals surface area (Å²) in [6.07, 6.45) is 2.22. The monoisotopic (exact) mass is 346 g/mol. The molecule has 0 bridgehead atoms. The Hall–Kier alpha value is -2.34. The second-order valence-corrected chi connectivity index (χ2v) is 7.25. The van der Waals surface area contributed by atoms with Crippen molar-refractivity contribution < 1.29 is 18.3 Å². The zero-order chi connectivity index (χ0) is 17.6. The van der Waals surface area contributed by atoms with E-state index in [4.69, 9.17) is 0 Å². The second-order valence-electron chi connectivity index (χ2n) is 5.57. The van der Waals surface area contributed by atoms with Crippen LogP contribution in [0.15, 0.2) is 53.4 Å². The first-order chi connectivity index (χ1) is 11.4. The van der Waals surface area contributed by atoms with Gasteiger partial charge in [-0.3, -0.25) is 4.72 Å². The number of nitrogens with one attached hydrogen (secondary N) is 1. The lowest BCUT2D eigenvalue weighted by Gasteiger charge is -2.10. The summed E-state index contributed by atoms with van der Waals surface area (Å²) >= 11 is 0. The molecule has 0 fully saturated rings. The molecule has 1 N–H and O–H groups in total. The highest BCUT2D eigenvalue weighted by Crippen LogP contribution is 2.18. The van der Waals surface area contributed by atoms with Gasteiger partial charge in [-0.15, -0.1) is 0 Å². The van der Waals surface area contributed by atoms with E-state index in [0.717, 1.165) is 24.0 Å². The largest absolute Gasteiger partial charge is 0.550 e. The molecule has 0 aliphatic heterocycles. The molecule has 0 saturated carbocycles. The number of benzene rings is 2. The summed E-state index contributed by atoms with van der Waals surface area (Å²) in [6.45, 7) is 2.09. The molecule has 0 radical (unpaired) electrons. The SMILES string of the molecule is CCCc1ccc(NS(=O)(=O)c2ccc(CCC(=O)[O-])cc2)cc1. The third kappa shape index (κ3) is 5.09. The minimum absolute atomic E-state index is 0.0888. The third-order valence-corrected chi connectivity index (χ3v) is 4.99. The molecule has 6 heteroatoms. The Kier molecular flexibility index (Phi) is 5.98. The van der Waals surface area contributed by atoms with Crippen LogP contribution < -0.4 is 9.83 Å². The van der Waals surface area contributed by atoms with Crippen LogP contribution in [0.3, 0.4) is 0 Å². The molecule has 0 saturated heterocycles. The quantitative estimate of drug-likeness (QED) is 0.793. The number of anilines is 1. The molecule has 0 aliphatic carbocycles. The van der Waals surface area contributed by atoms with Crippen LogP contribution in [-0.2, 0) is 27.7 Å². The highest BCUT2D eigenvalue weighted by Gasteiger charge is 2.14. The van der Waals surface area contributed by atoms with E-state index in [2.05, 4.69) is 11.6 Å². The summed E-state index contributed by atoms with van der Waals surface area (Å²) < 4.78 is 27.3. The van der Waals surface area contributed by atoms with Gasteiger partial charge in [0.2, 0.25) is 0 Å². The van der Waals surface area contributed by atoms with Crippen LogP contribution in [0.2, 0.25) is 0 Å². The number of hydrogen-bond donors (Lipinski definition) is 1. The molecule has 0 atom stereocenters. The molecule has 2 rings (SSSR count). The second kappa shape index (κ2) is 7.97. The minimum Gasteiger partial charge on any atom is -0.550 e. The van der Waals surface area contributed by atoms with Crippen molar-refractivity contribution in [3.8, 4) is 0 Å². The van der Waals surface area contributed by atoms with Gasteiger partial charge in [-0.2, -0.15) is 0 Å². The maximum Gasteiger partial charge on any atom is 0.261 e. The van der Waals surface area contributed by atoms with E-state index in [-0.39, 0.29) is 11.3 Å². The smallest absolute Gasteiger partial charge is 0.261 e. The Morgan fingerprint density at radius 2 is 1.50 bits per heavy atom. The molecule has 5 nitrogen and oxygen atoms in total. The molecule has 24 heavy (non-hydrogen) atoms. The number of aliphatic carboxylic acids is 1. The van der Waals surface area contributed by atoms with Crippen molar-refractivity contribution in [1.82, 2.24) is 0 Å². The van der Waals surface area contributed by atoms with E-state index >= 15 is 0 Å². The van der Waals surface area contributed by atoms with Crippen LogP contribution in [0.4, 0.5) is 5.69 Å². The number of sulfonamides is 1. The van der Waals surface area contributed by atoms with Gasteiger partial charge in [0.05, 0.1) is 4.90 Å². The van der Waals surface area contributed by atoms with Gasteiger partial charge in [0.1, 0.15) is 0 Å². The van der Waals surface area contributed by atoms with Crippen LogP contribution in [-0.4, -0.2) is 14.4 Å². The Morgan fingerprint density at radius 1 is 0.958 bits per heavy atom. The maximum atomic E-state index is 12.4. The number of carbonyl (C=O) groups is 1. The Labute approximate surface area is 142 Å². The average Bonchev–Trinajstić information content (AvgIpc) is 2.55. The molecule has 0 amide bonds. The summed E-state index contributed by atoms with van der Waals surface area (Å²) in [5, 5.41) is 10.4. The van der Waals surface area contributed by atoms with Gasteiger partial charge in [0.25, 0.3) is 10.0 Å². The topological polar surface area (TPSA) is 86.3 Å². The van der Waals surface area contributed by atoms with Crippen molar-refractivity contribution in [1.29, 1.82) is 0 Å². The highest BCUT2D eigenvalue weighted by molar-refractivity contribution is 7.92. The molecular formula is C18H20NO4S-. The first-order valence-electron chi connectivity index (χ1n) is 7.81. The van der Waals surface area contributed by atoms with Crippen molar-refractivity contribution in [2.45, 2.75) is 37.5 Å². The van der Waals surface area contributed by atoms with Crippen molar-refractivity contribution in [3.63, 3.8) is 0 Å². The van der Waals surface area contributed by atoms with Gasteiger partial charge < -0.3 is 9.90 Å². The van der Waals surface area contributed by atoms with E-state index in [1.54, 1.807) is 24.3 Å². The molecule has 128 valence electrons. The average molecular weight is 346 g/mol. The predicted molar refractivity (Wildman–Crippen MR) is 91.0 cm³/mol. The minimum atomic E-state index is -3.67. The normalized spacial score (nSPS) is 11.2. The van der Waals surface area contributed by atoms with Crippen LogP contribution in [0.5, 0.6) is 0 Å². The van der Waals surface area contributed by atoms with E-state index < -0.39 is 16.0 Å². The van der Waals surface area contributed by atoms with Gasteiger partial charge in [0, 0.05) is 11.7 Å². The number of aryl methyl sites for hydroxylation is 2. The molecule has 2 aromatic rings. The summed E-state index contributed by atoms with van der Waals surface area (Å²) in [5.41, 5.74) is 2.43. The lowest BCUT2D eigenvalue weighted by molar-refractivity contribution is -0.305. The van der Waals surface area contributed by atoms with E-state index in [1.165, 1.54) is 12.1 Å². The number of rotatable bonds is 8. The molecule has 2 aromatic carbocycles. The van der Waals surface area contributed by atoms with Crippen molar-refractivity contribution >= 4 is 21.7 Å². The van der Waals surface area contributed by atoms with Crippen LogP contribution in [0.1, 0.15) is 30.9 Å². The van der Waals surface area contributed by atoms with Gasteiger partial charge in [0.15, 0.2) is 0 Å². The fourth-order valence-electron chi connectivity index (χ4n) is 2.32. The Balaban J connectivity index is 2.07. The lowest BCUT2D eigenvalue weighted by atomic mass is 10.1. The van der Waals surface area contributed by atoms with Crippen LogP contribution in [0.25, 0.3) is 0 Å². The molecular weight excluding hydrogens is 326 g/mol. The zero-order valence-electron chi connectivity index (χ0n) is 13.5. The van der Waals surface area contributed by atoms with Gasteiger partial charge in [-0.25, -0.2) is 8.42 Å². The number of carboxylic acid groups (broad SMARTS) is 1. The fraction of sp³-hybridized carbons (Fsp3) is 0.278. The Bertz CT molecular complexity index is 781. The van der Waals surface area contributed by atoms with Crippen molar-refractivity contribution in [2.24, 2.45) is 0 Å². The number of carbonyl (C=O) groups excluding carboxylic acids is 1. The van der Waals surface area contributed by atoms with Crippen LogP contribution in [0, 0.1) is 0 Å².